The van der Waals surface area contributed by atoms with E-state index in [0.29, 0.717) is 46.2 Å². The van der Waals surface area contributed by atoms with Crippen LogP contribution < -0.4 is 26.0 Å². The average Bonchev–Trinajstić information content (AvgIpc) is 3.49. The van der Waals surface area contributed by atoms with Gasteiger partial charge in [-0.1, -0.05) is 32.4 Å². The lowest BCUT2D eigenvalue weighted by Crippen LogP contribution is -2.59. The van der Waals surface area contributed by atoms with Gasteiger partial charge >= 0.3 is 0 Å². The van der Waals surface area contributed by atoms with Gasteiger partial charge in [0.15, 0.2) is 5.82 Å². The number of benzene rings is 2. The van der Waals surface area contributed by atoms with Crippen molar-refractivity contribution in [2.75, 3.05) is 31.3 Å². The second-order valence-corrected chi connectivity index (χ2v) is 12.9. The molecule has 3 amide bonds. The molecule has 1 aliphatic heterocycles. The number of carbonyl (C=O) groups excluding carboxylic acids is 3. The van der Waals surface area contributed by atoms with Crippen LogP contribution in [0.5, 0.6) is 5.75 Å². The van der Waals surface area contributed by atoms with Gasteiger partial charge < -0.3 is 30.9 Å². The molecular formula is C30H36BrClFN7O4. The first-order valence-electron chi connectivity index (χ1n) is 14.1. The molecule has 44 heavy (non-hydrogen) atoms. The number of nitrogens with zero attached hydrogens (tertiary/aromatic N) is 3. The number of hydrogen-bond acceptors (Lipinski definition) is 8. The average molecular weight is 693 g/mol. The molecule has 0 spiro atoms. The number of likely N-dealkylation sites (tertiary alicyclic amines) is 1. The summed E-state index contributed by atoms with van der Waals surface area (Å²) >= 11 is 9.27. The van der Waals surface area contributed by atoms with Crippen LogP contribution in [0.3, 0.4) is 0 Å². The fourth-order valence-corrected chi connectivity index (χ4v) is 5.40. The summed E-state index contributed by atoms with van der Waals surface area (Å²) in [4.78, 5) is 50.3. The van der Waals surface area contributed by atoms with Gasteiger partial charge in [0.05, 0.1) is 35.1 Å². The Morgan fingerprint density at radius 1 is 1.18 bits per heavy atom. The van der Waals surface area contributed by atoms with Gasteiger partial charge in [0, 0.05) is 22.5 Å². The van der Waals surface area contributed by atoms with Gasteiger partial charge in [0.1, 0.15) is 30.0 Å². The maximum atomic E-state index is 14.8. The Bertz CT molecular complexity index is 1590. The molecule has 2 heterocycles. The number of ether oxygens (including phenoxy) is 1. The Balaban J connectivity index is 1.62. The Morgan fingerprint density at radius 2 is 1.91 bits per heavy atom. The molecule has 1 saturated heterocycles. The number of aromatic nitrogens is 2. The zero-order valence-electron chi connectivity index (χ0n) is 25.3. The van der Waals surface area contributed by atoms with E-state index >= 15 is 0 Å². The lowest BCUT2D eigenvalue weighted by Gasteiger charge is -2.36. The number of methoxy groups -OCH3 is 1. The fraction of sp³-hybridized carbons (Fsp3) is 0.433. The second kappa shape index (κ2) is 13.6. The van der Waals surface area contributed by atoms with Crippen molar-refractivity contribution >= 4 is 73.3 Å². The first-order valence-corrected chi connectivity index (χ1v) is 15.3. The minimum atomic E-state index is -0.840. The minimum Gasteiger partial charge on any atom is -0.494 e. The summed E-state index contributed by atoms with van der Waals surface area (Å²) in [6, 6.07) is 4.29. The van der Waals surface area contributed by atoms with Crippen molar-refractivity contribution in [3.05, 3.63) is 45.9 Å². The highest BCUT2D eigenvalue weighted by Crippen LogP contribution is 2.36. The molecule has 0 saturated carbocycles. The van der Waals surface area contributed by atoms with Crippen LogP contribution in [0.4, 0.5) is 21.6 Å². The summed E-state index contributed by atoms with van der Waals surface area (Å²) in [6.07, 6.45) is 2.40. The van der Waals surface area contributed by atoms with Crippen molar-refractivity contribution < 1.29 is 23.5 Å². The van der Waals surface area contributed by atoms with Crippen molar-refractivity contribution in [3.8, 4) is 5.75 Å². The smallest absolute Gasteiger partial charge is 0.247 e. The van der Waals surface area contributed by atoms with Gasteiger partial charge in [-0.05, 0) is 66.4 Å². The highest BCUT2D eigenvalue weighted by atomic mass is 79.9. The molecule has 11 nitrogen and oxygen atoms in total. The Morgan fingerprint density at radius 3 is 2.57 bits per heavy atom. The highest BCUT2D eigenvalue weighted by Gasteiger charge is 2.42. The zero-order valence-corrected chi connectivity index (χ0v) is 27.7. The molecule has 0 radical (unpaired) electrons. The van der Waals surface area contributed by atoms with Crippen LogP contribution in [0.1, 0.15) is 40.5 Å². The minimum absolute atomic E-state index is 0.0801. The summed E-state index contributed by atoms with van der Waals surface area (Å²) < 4.78 is 20.8. The van der Waals surface area contributed by atoms with E-state index in [1.807, 2.05) is 20.8 Å². The number of fused-ring (bicyclic) bond motifs is 1. The summed E-state index contributed by atoms with van der Waals surface area (Å²) in [5, 5.41) is 12.0. The van der Waals surface area contributed by atoms with Crippen LogP contribution in [0.25, 0.3) is 10.9 Å². The molecule has 0 bridgehead atoms. The van der Waals surface area contributed by atoms with Crippen molar-refractivity contribution in [2.24, 2.45) is 5.41 Å². The third-order valence-electron chi connectivity index (χ3n) is 7.57. The molecule has 3 aromatic rings. The number of nitrogens with one attached hydrogen (secondary N) is 4. The third kappa shape index (κ3) is 7.05. The van der Waals surface area contributed by atoms with Crippen molar-refractivity contribution in [2.45, 2.75) is 58.7 Å². The lowest BCUT2D eigenvalue weighted by atomic mass is 9.85. The van der Waals surface area contributed by atoms with E-state index in [9.17, 15) is 18.8 Å². The van der Waals surface area contributed by atoms with Crippen molar-refractivity contribution in [1.29, 1.82) is 0 Å². The van der Waals surface area contributed by atoms with E-state index in [1.165, 1.54) is 24.4 Å². The van der Waals surface area contributed by atoms with Crippen LogP contribution in [-0.4, -0.2) is 71.4 Å². The van der Waals surface area contributed by atoms with Gasteiger partial charge in [-0.25, -0.2) is 14.4 Å². The number of anilines is 3. The van der Waals surface area contributed by atoms with Gasteiger partial charge in [0.25, 0.3) is 0 Å². The quantitative estimate of drug-likeness (QED) is 0.230. The molecule has 1 aromatic heterocycles. The topological polar surface area (TPSA) is 138 Å². The normalized spacial score (nSPS) is 16.4. The lowest BCUT2D eigenvalue weighted by molar-refractivity contribution is -0.143. The number of likely N-dealkylation sites (N-methyl/N-ethyl adjacent to an activating group) is 1. The molecule has 4 rings (SSSR count). The molecule has 1 aliphatic rings. The molecule has 14 heteroatoms. The summed E-state index contributed by atoms with van der Waals surface area (Å²) in [7, 11) is 3.13. The predicted octanol–water partition coefficient (Wildman–Crippen LogP) is 5.01. The highest BCUT2D eigenvalue weighted by molar-refractivity contribution is 9.10. The van der Waals surface area contributed by atoms with E-state index in [-0.39, 0.29) is 28.3 Å². The number of amides is 3. The van der Waals surface area contributed by atoms with Gasteiger partial charge in [-0.15, -0.1) is 0 Å². The first kappa shape index (κ1) is 33.3. The second-order valence-electron chi connectivity index (χ2n) is 11.6. The number of carbonyl (C=O) groups is 3. The standard InChI is InChI=1S/C30H36BrClFN7O4/c1-15(34-5)27(41)39-25(30(2,3)4)29(43)40-11-7-8-21(40)28(42)38-20-12-16-19(13-22(20)44-6)35-14-36-26(16)37-18-10-9-17(31)23(32)24(18)33/h9-10,12-15,21,25,34H,7-8,11H2,1-6H3,(H,38,42)(H,39,41)(H,35,36,37)/t15-,21-,25+/m0/s1. The van der Waals surface area contributed by atoms with Crippen LogP contribution >= 0.6 is 27.5 Å². The van der Waals surface area contributed by atoms with E-state index in [0.717, 1.165) is 0 Å². The monoisotopic (exact) mass is 691 g/mol. The van der Waals surface area contributed by atoms with Crippen molar-refractivity contribution in [3.63, 3.8) is 0 Å². The molecule has 3 atom stereocenters. The van der Waals surface area contributed by atoms with Gasteiger partial charge in [0.2, 0.25) is 17.7 Å². The number of rotatable bonds is 9. The van der Waals surface area contributed by atoms with Gasteiger partial charge in [-0.2, -0.15) is 0 Å². The Kier molecular flexibility index (Phi) is 10.3. The molecule has 2 aromatic carbocycles. The first-order chi connectivity index (χ1) is 20.8. The predicted molar refractivity (Wildman–Crippen MR) is 172 cm³/mol. The number of hydrogen-bond donors (Lipinski definition) is 4. The fourth-order valence-electron chi connectivity index (χ4n) is 4.93. The maximum absolute atomic E-state index is 14.8. The molecule has 0 aliphatic carbocycles. The molecule has 4 N–H and O–H groups in total. The van der Waals surface area contributed by atoms with E-state index in [2.05, 4.69) is 47.2 Å². The zero-order chi connectivity index (χ0) is 32.3. The van der Waals surface area contributed by atoms with E-state index < -0.39 is 35.3 Å². The number of halogens is 3. The summed E-state index contributed by atoms with van der Waals surface area (Å²) in [5.41, 5.74) is 0.301. The van der Waals surface area contributed by atoms with Crippen LogP contribution in [0.15, 0.2) is 35.1 Å². The van der Waals surface area contributed by atoms with Crippen LogP contribution in [0, 0.1) is 11.2 Å². The van der Waals surface area contributed by atoms with Crippen LogP contribution in [0.2, 0.25) is 5.02 Å². The van der Waals surface area contributed by atoms with Gasteiger partial charge in [-0.3, -0.25) is 14.4 Å². The largest absolute Gasteiger partial charge is 0.494 e. The van der Waals surface area contributed by atoms with E-state index in [4.69, 9.17) is 16.3 Å². The van der Waals surface area contributed by atoms with E-state index in [1.54, 1.807) is 32.2 Å². The van der Waals surface area contributed by atoms with Crippen molar-refractivity contribution in [1.82, 2.24) is 25.5 Å². The third-order valence-corrected chi connectivity index (χ3v) is 8.83. The Hall–Kier alpha value is -3.55. The molecular weight excluding hydrogens is 657 g/mol. The molecule has 1 fully saturated rings. The van der Waals surface area contributed by atoms with Crippen LogP contribution in [-0.2, 0) is 14.4 Å². The molecule has 0 unspecified atom stereocenters. The molecule has 236 valence electrons. The summed E-state index contributed by atoms with van der Waals surface area (Å²) in [6.45, 7) is 7.68. The SMILES string of the molecule is CN[C@@H](C)C(=O)N[C@H](C(=O)N1CCC[C@H]1C(=O)Nc1cc2c(Nc3ccc(Br)c(Cl)c3F)ncnc2cc1OC)C(C)(C)C. The Labute approximate surface area is 268 Å². The summed E-state index contributed by atoms with van der Waals surface area (Å²) in [5.74, 6) is -1.09. The maximum Gasteiger partial charge on any atom is 0.247 e.